The van der Waals surface area contributed by atoms with Crippen LogP contribution in [0.5, 0.6) is 5.88 Å². The summed E-state index contributed by atoms with van der Waals surface area (Å²) < 4.78 is 33.9. The van der Waals surface area contributed by atoms with Gasteiger partial charge in [0.05, 0.1) is 38.1 Å². The Morgan fingerprint density at radius 3 is 2.72 bits per heavy atom. The normalized spacial score (nSPS) is 12.4. The quantitative estimate of drug-likeness (QED) is 0.441. The second kappa shape index (κ2) is 8.52. The van der Waals surface area contributed by atoms with E-state index in [1.165, 1.54) is 22.9 Å². The molecular weight excluding hydrogens is 388 g/mol. The number of carbonyl (C=O) groups is 1. The Labute approximate surface area is 163 Å². The van der Waals surface area contributed by atoms with Crippen LogP contribution in [-0.4, -0.2) is 50.1 Å². The standard InChI is InChI=1S/C19H19F2N3O5/c20-11-2-1-10(15(21)3-11)6-24-17-5-23-16(18(22)27)4-13(17)14(19(24)28)9-29-8-12(26)7-25/h1-5,12,25-26,28H,6-9H2,(H2,22,27)/t12-/m0/s1. The SMILES string of the molecule is NC(=O)c1cc2c(COC[C@@H](O)CO)c(O)n(Cc3ccc(F)cc3F)c2cn1. The molecule has 10 heteroatoms. The van der Waals surface area contributed by atoms with Gasteiger partial charge in [0.1, 0.15) is 23.4 Å². The summed E-state index contributed by atoms with van der Waals surface area (Å²) in [5, 5.41) is 29.4. The minimum atomic E-state index is -1.10. The van der Waals surface area contributed by atoms with E-state index in [0.29, 0.717) is 10.9 Å². The van der Waals surface area contributed by atoms with E-state index in [-0.39, 0.29) is 42.5 Å². The Morgan fingerprint density at radius 1 is 1.31 bits per heavy atom. The molecular formula is C19H19F2N3O5. The summed E-state index contributed by atoms with van der Waals surface area (Å²) in [5.74, 6) is -2.55. The first-order chi connectivity index (χ1) is 13.8. The van der Waals surface area contributed by atoms with E-state index in [1.807, 2.05) is 0 Å². The number of hydrogen-bond acceptors (Lipinski definition) is 6. The first-order valence-corrected chi connectivity index (χ1v) is 8.62. The van der Waals surface area contributed by atoms with Crippen LogP contribution in [0.2, 0.25) is 0 Å². The Hall–Kier alpha value is -3.08. The molecule has 0 aliphatic heterocycles. The summed E-state index contributed by atoms with van der Waals surface area (Å²) in [4.78, 5) is 15.4. The van der Waals surface area contributed by atoms with Crippen molar-refractivity contribution >= 4 is 16.8 Å². The van der Waals surface area contributed by atoms with Crippen molar-refractivity contribution in [3.05, 3.63) is 58.9 Å². The van der Waals surface area contributed by atoms with Gasteiger partial charge >= 0.3 is 0 Å². The molecule has 3 aromatic rings. The lowest BCUT2D eigenvalue weighted by atomic mass is 10.2. The number of rotatable bonds is 8. The second-order valence-corrected chi connectivity index (χ2v) is 6.43. The van der Waals surface area contributed by atoms with Gasteiger partial charge in [-0.2, -0.15) is 0 Å². The number of nitrogens with two attached hydrogens (primary N) is 1. The first-order valence-electron chi connectivity index (χ1n) is 8.62. The molecule has 5 N–H and O–H groups in total. The predicted molar refractivity (Wildman–Crippen MR) is 98.1 cm³/mol. The van der Waals surface area contributed by atoms with E-state index in [1.54, 1.807) is 0 Å². The molecule has 1 atom stereocenters. The van der Waals surface area contributed by atoms with E-state index in [9.17, 15) is 23.8 Å². The van der Waals surface area contributed by atoms with Crippen molar-refractivity contribution < 1.29 is 33.6 Å². The fraction of sp³-hybridized carbons (Fsp3) is 0.263. The largest absolute Gasteiger partial charge is 0.494 e. The third-order valence-corrected chi connectivity index (χ3v) is 4.39. The zero-order valence-corrected chi connectivity index (χ0v) is 15.2. The molecule has 8 nitrogen and oxygen atoms in total. The highest BCUT2D eigenvalue weighted by Crippen LogP contribution is 2.33. The molecule has 0 aliphatic carbocycles. The molecule has 2 heterocycles. The number of hydrogen-bond donors (Lipinski definition) is 4. The van der Waals surface area contributed by atoms with Crippen LogP contribution < -0.4 is 5.73 Å². The zero-order chi connectivity index (χ0) is 21.1. The number of aliphatic hydroxyl groups is 2. The van der Waals surface area contributed by atoms with Crippen LogP contribution in [0.1, 0.15) is 21.6 Å². The van der Waals surface area contributed by atoms with Gasteiger partial charge in [-0.1, -0.05) is 6.07 Å². The molecule has 0 bridgehead atoms. The van der Waals surface area contributed by atoms with Crippen molar-refractivity contribution in [1.82, 2.24) is 9.55 Å². The lowest BCUT2D eigenvalue weighted by Crippen LogP contribution is -2.19. The van der Waals surface area contributed by atoms with Crippen LogP contribution in [0.4, 0.5) is 8.78 Å². The molecule has 154 valence electrons. The number of pyridine rings is 1. The smallest absolute Gasteiger partial charge is 0.267 e. The lowest BCUT2D eigenvalue weighted by molar-refractivity contribution is -0.000174. The molecule has 0 saturated carbocycles. The Balaban J connectivity index is 2.04. The number of benzene rings is 1. The number of amides is 1. The van der Waals surface area contributed by atoms with E-state index in [2.05, 4.69) is 4.98 Å². The number of halogens is 2. The number of nitrogens with zero attached hydrogens (tertiary/aromatic N) is 2. The molecule has 0 unspecified atom stereocenters. The average Bonchev–Trinajstić information content (AvgIpc) is 2.94. The second-order valence-electron chi connectivity index (χ2n) is 6.43. The summed E-state index contributed by atoms with van der Waals surface area (Å²) in [7, 11) is 0. The van der Waals surface area contributed by atoms with Crippen LogP contribution >= 0.6 is 0 Å². The van der Waals surface area contributed by atoms with Crippen LogP contribution in [0.15, 0.2) is 30.5 Å². The molecule has 0 fully saturated rings. The number of fused-ring (bicyclic) bond motifs is 1. The predicted octanol–water partition coefficient (Wildman–Crippen LogP) is 1.04. The molecule has 2 aromatic heterocycles. The summed E-state index contributed by atoms with van der Waals surface area (Å²) in [5.41, 5.74) is 5.98. The van der Waals surface area contributed by atoms with Crippen molar-refractivity contribution in [3.8, 4) is 5.88 Å². The topological polar surface area (TPSA) is 131 Å². The summed E-state index contributed by atoms with van der Waals surface area (Å²) in [6, 6.07) is 4.47. The molecule has 0 spiro atoms. The number of ether oxygens (including phenoxy) is 1. The maximum absolute atomic E-state index is 14.1. The molecule has 1 aromatic carbocycles. The Morgan fingerprint density at radius 2 is 2.07 bits per heavy atom. The molecule has 3 rings (SSSR count). The van der Waals surface area contributed by atoms with Crippen molar-refractivity contribution in [1.29, 1.82) is 0 Å². The fourth-order valence-electron chi connectivity index (χ4n) is 2.91. The molecule has 0 radical (unpaired) electrons. The monoisotopic (exact) mass is 407 g/mol. The van der Waals surface area contributed by atoms with Gasteiger partial charge in [-0.15, -0.1) is 0 Å². The van der Waals surface area contributed by atoms with Crippen molar-refractivity contribution in [2.75, 3.05) is 13.2 Å². The minimum absolute atomic E-state index is 0.0424. The van der Waals surface area contributed by atoms with E-state index < -0.39 is 30.3 Å². The van der Waals surface area contributed by atoms with Crippen molar-refractivity contribution in [3.63, 3.8) is 0 Å². The van der Waals surface area contributed by atoms with E-state index >= 15 is 0 Å². The van der Waals surface area contributed by atoms with Gasteiger partial charge < -0.3 is 30.4 Å². The highest BCUT2D eigenvalue weighted by Gasteiger charge is 2.20. The highest BCUT2D eigenvalue weighted by atomic mass is 19.1. The van der Waals surface area contributed by atoms with Gasteiger partial charge in [-0.05, 0) is 12.1 Å². The Bertz CT molecular complexity index is 1050. The number of aliphatic hydroxyl groups excluding tert-OH is 2. The summed E-state index contributed by atoms with van der Waals surface area (Å²) in [6.07, 6.45) is 0.212. The van der Waals surface area contributed by atoms with Crippen molar-refractivity contribution in [2.45, 2.75) is 19.3 Å². The number of aromatic hydroxyl groups is 1. The third-order valence-electron chi connectivity index (χ3n) is 4.39. The van der Waals surface area contributed by atoms with Crippen LogP contribution in [0, 0.1) is 11.6 Å². The number of primary amides is 1. The molecule has 0 saturated heterocycles. The van der Waals surface area contributed by atoms with Crippen LogP contribution in [-0.2, 0) is 17.9 Å². The van der Waals surface area contributed by atoms with Gasteiger partial charge in [0.15, 0.2) is 5.88 Å². The highest BCUT2D eigenvalue weighted by molar-refractivity contribution is 5.96. The minimum Gasteiger partial charge on any atom is -0.494 e. The van der Waals surface area contributed by atoms with Gasteiger partial charge in [0, 0.05) is 22.6 Å². The van der Waals surface area contributed by atoms with Gasteiger partial charge in [0.2, 0.25) is 0 Å². The maximum atomic E-state index is 14.1. The van der Waals surface area contributed by atoms with Crippen molar-refractivity contribution in [2.24, 2.45) is 5.73 Å². The average molecular weight is 407 g/mol. The molecule has 1 amide bonds. The van der Waals surface area contributed by atoms with E-state index in [4.69, 9.17) is 15.6 Å². The van der Waals surface area contributed by atoms with Crippen LogP contribution in [0.25, 0.3) is 10.9 Å². The molecule has 29 heavy (non-hydrogen) atoms. The van der Waals surface area contributed by atoms with Gasteiger partial charge in [-0.25, -0.2) is 13.8 Å². The molecule has 0 aliphatic rings. The van der Waals surface area contributed by atoms with Crippen LogP contribution in [0.3, 0.4) is 0 Å². The summed E-state index contributed by atoms with van der Waals surface area (Å²) in [6.45, 7) is -0.984. The first kappa shape index (κ1) is 20.6. The van der Waals surface area contributed by atoms with Gasteiger partial charge in [0.25, 0.3) is 5.91 Å². The number of aromatic nitrogens is 2. The lowest BCUT2D eigenvalue weighted by Gasteiger charge is -2.10. The maximum Gasteiger partial charge on any atom is 0.267 e. The third kappa shape index (κ3) is 4.34. The number of carbonyl (C=O) groups excluding carboxylic acids is 1. The summed E-state index contributed by atoms with van der Waals surface area (Å²) >= 11 is 0. The van der Waals surface area contributed by atoms with Gasteiger partial charge in [-0.3, -0.25) is 4.79 Å². The van der Waals surface area contributed by atoms with E-state index in [0.717, 1.165) is 12.1 Å². The Kier molecular flexibility index (Phi) is 6.06. The fourth-order valence-corrected chi connectivity index (χ4v) is 2.91. The zero-order valence-electron chi connectivity index (χ0n) is 15.2.